The van der Waals surface area contributed by atoms with Crippen LogP contribution in [0.1, 0.15) is 24.2 Å². The van der Waals surface area contributed by atoms with Crippen LogP contribution in [0.3, 0.4) is 0 Å². The summed E-state index contributed by atoms with van der Waals surface area (Å²) < 4.78 is 1.26. The van der Waals surface area contributed by atoms with Crippen molar-refractivity contribution in [3.05, 3.63) is 47.3 Å². The molecule has 0 spiro atoms. The van der Waals surface area contributed by atoms with Gasteiger partial charge in [-0.15, -0.1) is 36.2 Å². The number of carbonyl (C=O) groups excluding carboxylic acids is 1. The fourth-order valence-corrected chi connectivity index (χ4v) is 4.55. The van der Waals surface area contributed by atoms with Gasteiger partial charge >= 0.3 is 0 Å². The number of amides is 1. The lowest BCUT2D eigenvalue weighted by atomic mass is 10.1. The van der Waals surface area contributed by atoms with Crippen molar-refractivity contribution in [2.75, 3.05) is 44.2 Å². The molecule has 1 saturated heterocycles. The predicted molar refractivity (Wildman–Crippen MR) is 132 cm³/mol. The normalized spacial score (nSPS) is 14.1. The summed E-state index contributed by atoms with van der Waals surface area (Å²) in [5.41, 5.74) is 2.67. The highest BCUT2D eigenvalue weighted by Crippen LogP contribution is 2.34. The molecule has 1 amide bonds. The van der Waals surface area contributed by atoms with E-state index < -0.39 is 0 Å². The Kier molecular flexibility index (Phi) is 8.92. The van der Waals surface area contributed by atoms with Crippen molar-refractivity contribution in [1.29, 1.82) is 0 Å². The number of anilines is 1. The van der Waals surface area contributed by atoms with Crippen LogP contribution in [-0.2, 0) is 0 Å². The molecule has 0 bridgehead atoms. The zero-order chi connectivity index (χ0) is 19.5. The van der Waals surface area contributed by atoms with Gasteiger partial charge in [-0.1, -0.05) is 19.1 Å². The van der Waals surface area contributed by atoms with Crippen molar-refractivity contribution in [2.24, 2.45) is 0 Å². The van der Waals surface area contributed by atoms with Crippen LogP contribution in [0, 0.1) is 0 Å². The number of nitrogens with zero attached hydrogens (tertiary/aromatic N) is 3. The third kappa shape index (κ3) is 5.06. The van der Waals surface area contributed by atoms with Crippen LogP contribution in [0.15, 0.2) is 41.8 Å². The molecule has 3 heterocycles. The molecule has 162 valence electrons. The van der Waals surface area contributed by atoms with Crippen molar-refractivity contribution in [1.82, 2.24) is 15.2 Å². The number of piperazine rings is 1. The average Bonchev–Trinajstić information content (AvgIpc) is 3.22. The van der Waals surface area contributed by atoms with Gasteiger partial charge in [0.15, 0.2) is 0 Å². The topological polar surface area (TPSA) is 48.5 Å². The smallest absolute Gasteiger partial charge is 0.251 e. The summed E-state index contributed by atoms with van der Waals surface area (Å²) in [5, 5.41) is 6.21. The maximum atomic E-state index is 12.0. The maximum absolute atomic E-state index is 12.0. The highest BCUT2D eigenvalue weighted by Gasteiger charge is 2.20. The van der Waals surface area contributed by atoms with Gasteiger partial charge in [-0.3, -0.25) is 4.79 Å². The number of rotatable bonds is 5. The minimum Gasteiger partial charge on any atom is -0.353 e. The summed E-state index contributed by atoms with van der Waals surface area (Å²) in [7, 11) is 0. The van der Waals surface area contributed by atoms with Gasteiger partial charge in [-0.25, -0.2) is 4.98 Å². The molecule has 1 aliphatic heterocycles. The summed E-state index contributed by atoms with van der Waals surface area (Å²) >= 11 is 1.76. The SMILES string of the molecule is CCNC(=O)c1ccc(-c2cc3ccsc3c(N3CCN(CC)CC3)n2)cc1.Cl.Cl. The molecule has 0 atom stereocenters. The summed E-state index contributed by atoms with van der Waals surface area (Å²) in [6.45, 7) is 10.1. The minimum atomic E-state index is -0.0372. The maximum Gasteiger partial charge on any atom is 0.251 e. The summed E-state index contributed by atoms with van der Waals surface area (Å²) in [6.07, 6.45) is 0. The number of halogens is 2. The van der Waals surface area contributed by atoms with Gasteiger partial charge < -0.3 is 15.1 Å². The van der Waals surface area contributed by atoms with Crippen LogP contribution < -0.4 is 10.2 Å². The summed E-state index contributed by atoms with van der Waals surface area (Å²) in [6, 6.07) is 12.0. The standard InChI is InChI=1S/C22H26N4OS.2ClH/c1-3-23-22(27)17-7-5-16(6-8-17)19-15-18-9-14-28-20(18)21(24-19)26-12-10-25(4-2)11-13-26;;/h5-9,14-15H,3-4,10-13H2,1-2H3,(H,23,27);2*1H. The molecule has 4 rings (SSSR count). The second-order valence-electron chi connectivity index (χ2n) is 7.03. The van der Waals surface area contributed by atoms with Gasteiger partial charge in [-0.05, 0) is 48.5 Å². The molecule has 8 heteroatoms. The molecular weight excluding hydrogens is 439 g/mol. The molecule has 1 aliphatic rings. The number of benzene rings is 1. The lowest BCUT2D eigenvalue weighted by molar-refractivity contribution is 0.0956. The number of aromatic nitrogens is 1. The Hall–Kier alpha value is -1.86. The van der Waals surface area contributed by atoms with Gasteiger partial charge in [0.25, 0.3) is 5.91 Å². The molecule has 30 heavy (non-hydrogen) atoms. The van der Waals surface area contributed by atoms with E-state index in [4.69, 9.17) is 4.98 Å². The number of fused-ring (bicyclic) bond motifs is 1. The monoisotopic (exact) mass is 466 g/mol. The molecule has 0 aliphatic carbocycles. The van der Waals surface area contributed by atoms with Crippen molar-refractivity contribution >= 4 is 58.0 Å². The fourth-order valence-electron chi connectivity index (χ4n) is 3.65. The quantitative estimate of drug-likeness (QED) is 0.591. The van der Waals surface area contributed by atoms with Gasteiger partial charge in [-0.2, -0.15) is 0 Å². The largest absolute Gasteiger partial charge is 0.353 e. The zero-order valence-electron chi connectivity index (χ0n) is 17.3. The molecule has 1 fully saturated rings. The van der Waals surface area contributed by atoms with E-state index in [-0.39, 0.29) is 30.7 Å². The van der Waals surface area contributed by atoms with Crippen LogP contribution in [0.2, 0.25) is 0 Å². The predicted octanol–water partition coefficient (Wildman–Crippen LogP) is 4.70. The van der Waals surface area contributed by atoms with Crippen molar-refractivity contribution in [2.45, 2.75) is 13.8 Å². The minimum absolute atomic E-state index is 0. The molecule has 0 unspecified atom stereocenters. The molecule has 1 aromatic carbocycles. The molecule has 3 aromatic rings. The first-order valence-electron chi connectivity index (χ1n) is 9.93. The number of hydrogen-bond donors (Lipinski definition) is 1. The third-order valence-electron chi connectivity index (χ3n) is 5.32. The van der Waals surface area contributed by atoms with E-state index in [1.165, 1.54) is 10.1 Å². The van der Waals surface area contributed by atoms with E-state index in [0.717, 1.165) is 49.8 Å². The van der Waals surface area contributed by atoms with Crippen LogP contribution in [0.5, 0.6) is 0 Å². The highest BCUT2D eigenvalue weighted by atomic mass is 35.5. The third-order valence-corrected chi connectivity index (χ3v) is 6.24. The Morgan fingerprint density at radius 1 is 1.07 bits per heavy atom. The first-order chi connectivity index (χ1) is 13.7. The number of nitrogens with one attached hydrogen (secondary N) is 1. The van der Waals surface area contributed by atoms with Gasteiger partial charge in [0.05, 0.1) is 10.4 Å². The van der Waals surface area contributed by atoms with E-state index in [1.54, 1.807) is 11.3 Å². The number of pyridine rings is 1. The Morgan fingerprint density at radius 3 is 2.40 bits per heavy atom. The van der Waals surface area contributed by atoms with Crippen LogP contribution in [-0.4, -0.2) is 55.1 Å². The van der Waals surface area contributed by atoms with E-state index in [9.17, 15) is 4.79 Å². The van der Waals surface area contributed by atoms with Crippen LogP contribution in [0.25, 0.3) is 21.3 Å². The number of thiophene rings is 1. The first-order valence-corrected chi connectivity index (χ1v) is 10.8. The average molecular weight is 467 g/mol. The van der Waals surface area contributed by atoms with Gasteiger partial charge in [0.1, 0.15) is 5.82 Å². The molecule has 0 radical (unpaired) electrons. The lowest BCUT2D eigenvalue weighted by Crippen LogP contribution is -2.46. The van der Waals surface area contributed by atoms with Gasteiger partial charge in [0.2, 0.25) is 0 Å². The van der Waals surface area contributed by atoms with E-state index >= 15 is 0 Å². The first kappa shape index (κ1) is 24.4. The molecule has 1 N–H and O–H groups in total. The van der Waals surface area contributed by atoms with E-state index in [1.807, 2.05) is 31.2 Å². The number of carbonyl (C=O) groups is 1. The Balaban J connectivity index is 0.00000160. The second kappa shape index (κ2) is 11.0. The Labute approximate surface area is 194 Å². The van der Waals surface area contributed by atoms with E-state index in [2.05, 4.69) is 39.6 Å². The zero-order valence-corrected chi connectivity index (χ0v) is 19.7. The number of likely N-dealkylation sites (N-methyl/N-ethyl adjacent to an activating group) is 1. The highest BCUT2D eigenvalue weighted by molar-refractivity contribution is 7.17. The molecule has 2 aromatic heterocycles. The Bertz CT molecular complexity index is 969. The second-order valence-corrected chi connectivity index (χ2v) is 7.94. The number of hydrogen-bond acceptors (Lipinski definition) is 5. The van der Waals surface area contributed by atoms with Crippen molar-refractivity contribution in [3.63, 3.8) is 0 Å². The molecule has 0 saturated carbocycles. The van der Waals surface area contributed by atoms with Crippen molar-refractivity contribution < 1.29 is 4.79 Å². The van der Waals surface area contributed by atoms with Gasteiger partial charge in [0, 0.05) is 43.9 Å². The molecular formula is C22H28Cl2N4OS. The van der Waals surface area contributed by atoms with Crippen LogP contribution >= 0.6 is 36.2 Å². The van der Waals surface area contributed by atoms with Crippen molar-refractivity contribution in [3.8, 4) is 11.3 Å². The lowest BCUT2D eigenvalue weighted by Gasteiger charge is -2.35. The molecule has 5 nitrogen and oxygen atoms in total. The summed E-state index contributed by atoms with van der Waals surface area (Å²) in [5.74, 6) is 1.05. The van der Waals surface area contributed by atoms with Crippen LogP contribution in [0.4, 0.5) is 5.82 Å². The Morgan fingerprint density at radius 2 is 1.77 bits per heavy atom. The van der Waals surface area contributed by atoms with E-state index in [0.29, 0.717) is 12.1 Å². The fraction of sp³-hybridized carbons (Fsp3) is 0.364. The summed E-state index contributed by atoms with van der Waals surface area (Å²) in [4.78, 5) is 21.9.